The highest BCUT2D eigenvalue weighted by Gasteiger charge is 2.22. The summed E-state index contributed by atoms with van der Waals surface area (Å²) >= 11 is 0. The molecule has 1 aromatic rings. The number of aliphatic imine (C=N–C) groups is 1. The molecule has 0 radical (unpaired) electrons. The maximum Gasteiger partial charge on any atom is 0.282 e. The molecule has 1 fully saturated rings. The number of carbonyl (C=O) groups is 1. The quantitative estimate of drug-likeness (QED) is 0.275. The predicted octanol–water partition coefficient (Wildman–Crippen LogP) is 0.740. The number of nitrogens with two attached hydrogens (primary N) is 2. The maximum absolute atomic E-state index is 12.8. The van der Waals surface area contributed by atoms with Crippen molar-refractivity contribution < 1.29 is 9.53 Å². The minimum atomic E-state index is -0.411. The average Bonchev–Trinajstić information content (AvgIpc) is 2.62. The molecular formula is C18H31N7O2. The number of rotatable bonds is 7. The molecule has 27 heavy (non-hydrogen) atoms. The Labute approximate surface area is 160 Å². The van der Waals surface area contributed by atoms with Gasteiger partial charge in [-0.25, -0.2) is 10.8 Å². The lowest BCUT2D eigenvalue weighted by atomic mass is 10.0. The van der Waals surface area contributed by atoms with E-state index >= 15 is 0 Å². The number of amidine groups is 1. The first kappa shape index (κ1) is 21.1. The molecule has 1 aliphatic heterocycles. The number of amides is 1. The van der Waals surface area contributed by atoms with Crippen LogP contribution in [-0.2, 0) is 4.74 Å². The van der Waals surface area contributed by atoms with Crippen LogP contribution in [0.1, 0.15) is 35.7 Å². The first-order valence-corrected chi connectivity index (χ1v) is 9.21. The summed E-state index contributed by atoms with van der Waals surface area (Å²) in [4.78, 5) is 23.0. The van der Waals surface area contributed by atoms with Gasteiger partial charge in [0.15, 0.2) is 0 Å². The molecule has 1 aromatic heterocycles. The molecule has 150 valence electrons. The molecule has 0 unspecified atom stereocenters. The van der Waals surface area contributed by atoms with Gasteiger partial charge in [0, 0.05) is 37.6 Å². The topological polar surface area (TPSA) is 122 Å². The maximum atomic E-state index is 12.8. The van der Waals surface area contributed by atoms with Gasteiger partial charge in [-0.1, -0.05) is 0 Å². The van der Waals surface area contributed by atoms with Crippen LogP contribution >= 0.6 is 0 Å². The van der Waals surface area contributed by atoms with Crippen LogP contribution in [0, 0.1) is 6.92 Å². The Morgan fingerprint density at radius 1 is 1.41 bits per heavy atom. The number of ether oxygens (including phenoxy) is 1. The largest absolute Gasteiger partial charge is 0.386 e. The highest BCUT2D eigenvalue weighted by molar-refractivity contribution is 6.07. The van der Waals surface area contributed by atoms with Crippen molar-refractivity contribution in [1.82, 2.24) is 9.88 Å². The third-order valence-corrected chi connectivity index (χ3v) is 4.43. The fraction of sp³-hybridized carbons (Fsp3) is 0.611. The summed E-state index contributed by atoms with van der Waals surface area (Å²) in [5.41, 5.74) is 7.81. The van der Waals surface area contributed by atoms with E-state index in [0.29, 0.717) is 43.4 Å². The minimum Gasteiger partial charge on any atom is -0.386 e. The second-order valence-electron chi connectivity index (χ2n) is 6.96. The van der Waals surface area contributed by atoms with Crippen molar-refractivity contribution in [3.8, 4) is 0 Å². The fourth-order valence-corrected chi connectivity index (χ4v) is 2.98. The monoisotopic (exact) mass is 377 g/mol. The SMILES string of the molecule is CCN(N)c1ncc(C(=O)N=C(N)CN(C)C)c(NC2CCOCC2)c1C. The number of likely N-dealkylation sites (N-methyl/N-ethyl adjacent to an activating group) is 1. The molecule has 9 nitrogen and oxygen atoms in total. The zero-order valence-corrected chi connectivity index (χ0v) is 16.7. The van der Waals surface area contributed by atoms with Gasteiger partial charge >= 0.3 is 0 Å². The molecular weight excluding hydrogens is 346 g/mol. The van der Waals surface area contributed by atoms with Crippen LogP contribution in [0.4, 0.5) is 11.5 Å². The number of hydrazine groups is 1. The lowest BCUT2D eigenvalue weighted by Crippen LogP contribution is -2.33. The highest BCUT2D eigenvalue weighted by atomic mass is 16.5. The normalized spacial score (nSPS) is 15.9. The van der Waals surface area contributed by atoms with Crippen molar-refractivity contribution >= 4 is 23.2 Å². The third kappa shape index (κ3) is 5.62. The molecule has 0 aromatic carbocycles. The Morgan fingerprint density at radius 3 is 2.67 bits per heavy atom. The van der Waals surface area contributed by atoms with E-state index in [1.807, 2.05) is 32.8 Å². The van der Waals surface area contributed by atoms with E-state index in [4.69, 9.17) is 16.3 Å². The Hall–Kier alpha value is -2.23. The summed E-state index contributed by atoms with van der Waals surface area (Å²) in [6.45, 7) is 6.26. The zero-order chi connectivity index (χ0) is 20.0. The van der Waals surface area contributed by atoms with Crippen LogP contribution in [0.25, 0.3) is 0 Å². The Morgan fingerprint density at radius 2 is 2.07 bits per heavy atom. The Balaban J connectivity index is 2.39. The van der Waals surface area contributed by atoms with Crippen LogP contribution < -0.4 is 21.9 Å². The van der Waals surface area contributed by atoms with Gasteiger partial charge in [-0.05, 0) is 40.8 Å². The van der Waals surface area contributed by atoms with Gasteiger partial charge in [0.25, 0.3) is 5.91 Å². The second kappa shape index (κ2) is 9.63. The predicted molar refractivity (Wildman–Crippen MR) is 108 cm³/mol. The summed E-state index contributed by atoms with van der Waals surface area (Å²) in [5, 5.41) is 5.05. The lowest BCUT2D eigenvalue weighted by molar-refractivity contribution is 0.0904. The van der Waals surface area contributed by atoms with E-state index in [9.17, 15) is 4.79 Å². The van der Waals surface area contributed by atoms with Crippen molar-refractivity contribution in [2.75, 3.05) is 50.7 Å². The van der Waals surface area contributed by atoms with Crippen LogP contribution in [0.2, 0.25) is 0 Å². The molecule has 9 heteroatoms. The molecule has 0 saturated carbocycles. The van der Waals surface area contributed by atoms with Crippen molar-refractivity contribution in [2.45, 2.75) is 32.7 Å². The number of pyridine rings is 1. The molecule has 0 aliphatic carbocycles. The van der Waals surface area contributed by atoms with Gasteiger partial charge in [-0.3, -0.25) is 9.80 Å². The van der Waals surface area contributed by atoms with Gasteiger partial charge in [0.05, 0.1) is 17.8 Å². The van der Waals surface area contributed by atoms with Gasteiger partial charge < -0.3 is 20.7 Å². The number of carbonyl (C=O) groups excluding carboxylic acids is 1. The molecule has 2 heterocycles. The first-order valence-electron chi connectivity index (χ1n) is 9.21. The summed E-state index contributed by atoms with van der Waals surface area (Å²) in [7, 11) is 3.73. The molecule has 0 spiro atoms. The summed E-state index contributed by atoms with van der Waals surface area (Å²) in [6, 6.07) is 0.218. The van der Waals surface area contributed by atoms with Gasteiger partial charge in [-0.15, -0.1) is 0 Å². The minimum absolute atomic E-state index is 0.218. The molecule has 5 N–H and O–H groups in total. The van der Waals surface area contributed by atoms with Crippen molar-refractivity contribution in [3.05, 3.63) is 17.3 Å². The van der Waals surface area contributed by atoms with Crippen molar-refractivity contribution in [3.63, 3.8) is 0 Å². The summed E-state index contributed by atoms with van der Waals surface area (Å²) < 4.78 is 5.42. The molecule has 1 saturated heterocycles. The van der Waals surface area contributed by atoms with Crippen molar-refractivity contribution in [2.24, 2.45) is 16.6 Å². The number of hydrogen-bond acceptors (Lipinski definition) is 7. The van der Waals surface area contributed by atoms with E-state index < -0.39 is 5.91 Å². The van der Waals surface area contributed by atoms with E-state index in [1.54, 1.807) is 5.01 Å². The first-order chi connectivity index (χ1) is 12.8. The van der Waals surface area contributed by atoms with E-state index in [1.165, 1.54) is 6.20 Å². The number of aromatic nitrogens is 1. The number of hydrogen-bond donors (Lipinski definition) is 3. The highest BCUT2D eigenvalue weighted by Crippen LogP contribution is 2.29. The van der Waals surface area contributed by atoms with Crippen LogP contribution in [0.15, 0.2) is 11.2 Å². The number of nitrogens with zero attached hydrogens (tertiary/aromatic N) is 4. The van der Waals surface area contributed by atoms with E-state index in [-0.39, 0.29) is 11.9 Å². The van der Waals surface area contributed by atoms with Gasteiger partial charge in [0.2, 0.25) is 0 Å². The molecule has 0 atom stereocenters. The molecule has 0 bridgehead atoms. The van der Waals surface area contributed by atoms with Crippen LogP contribution in [0.3, 0.4) is 0 Å². The van der Waals surface area contributed by atoms with E-state index in [2.05, 4.69) is 15.3 Å². The summed E-state index contributed by atoms with van der Waals surface area (Å²) in [5.74, 6) is 6.53. The molecule has 1 amide bonds. The Kier molecular flexibility index (Phi) is 7.52. The average molecular weight is 377 g/mol. The Bertz CT molecular complexity index is 685. The van der Waals surface area contributed by atoms with Gasteiger partial charge in [0.1, 0.15) is 11.7 Å². The third-order valence-electron chi connectivity index (χ3n) is 4.43. The molecule has 1 aliphatic rings. The lowest BCUT2D eigenvalue weighted by Gasteiger charge is -2.27. The van der Waals surface area contributed by atoms with Crippen LogP contribution in [-0.4, -0.2) is 68.1 Å². The fourth-order valence-electron chi connectivity index (χ4n) is 2.98. The smallest absolute Gasteiger partial charge is 0.282 e. The zero-order valence-electron chi connectivity index (χ0n) is 16.7. The van der Waals surface area contributed by atoms with Crippen molar-refractivity contribution in [1.29, 1.82) is 0 Å². The standard InChI is InChI=1S/C18H31N7O2/c1-5-25(20)17-12(2)16(22-13-6-8-27-9-7-13)14(10-21-17)18(26)23-15(19)11-24(3)4/h10,13H,5-9,11,20H2,1-4H3,(H,21,22)(H2,19,23,26). The number of nitrogens with one attached hydrogen (secondary N) is 1. The number of anilines is 2. The summed E-state index contributed by atoms with van der Waals surface area (Å²) in [6.07, 6.45) is 3.27. The second-order valence-corrected chi connectivity index (χ2v) is 6.96. The van der Waals surface area contributed by atoms with Crippen LogP contribution in [0.5, 0.6) is 0 Å². The molecule has 2 rings (SSSR count). The van der Waals surface area contributed by atoms with Gasteiger partial charge in [-0.2, -0.15) is 4.99 Å². The van der Waals surface area contributed by atoms with E-state index in [0.717, 1.165) is 18.4 Å².